The summed E-state index contributed by atoms with van der Waals surface area (Å²) in [6.45, 7) is 4.95. The predicted octanol–water partition coefficient (Wildman–Crippen LogP) is 2.90. The molecule has 7 heteroatoms. The lowest BCUT2D eigenvalue weighted by Gasteiger charge is -2.16. The van der Waals surface area contributed by atoms with Crippen LogP contribution in [0.5, 0.6) is 0 Å². The Morgan fingerprint density at radius 1 is 1.52 bits per heavy atom. The molecule has 1 unspecified atom stereocenters. The minimum Gasteiger partial charge on any atom is -0.339 e. The highest BCUT2D eigenvalue weighted by Gasteiger charge is 2.17. The van der Waals surface area contributed by atoms with Crippen LogP contribution in [0.25, 0.3) is 0 Å². The highest BCUT2D eigenvalue weighted by Crippen LogP contribution is 2.17. The summed E-state index contributed by atoms with van der Waals surface area (Å²) in [6, 6.07) is 0. The molecule has 1 saturated heterocycles. The van der Waals surface area contributed by atoms with Gasteiger partial charge in [0.2, 0.25) is 5.91 Å². The molecule has 1 N–H and O–H groups in total. The fourth-order valence-electron chi connectivity index (χ4n) is 2.35. The molecule has 0 saturated carbocycles. The lowest BCUT2D eigenvalue weighted by molar-refractivity contribution is -0.130. The van der Waals surface area contributed by atoms with E-state index in [2.05, 4.69) is 17.2 Å². The van der Waals surface area contributed by atoms with Crippen LogP contribution in [0.15, 0.2) is 6.20 Å². The van der Waals surface area contributed by atoms with Crippen LogP contribution >= 0.6 is 36.2 Å². The first-order chi connectivity index (χ1) is 9.19. The molecule has 0 radical (unpaired) electrons. The molecule has 1 amide bonds. The summed E-state index contributed by atoms with van der Waals surface area (Å²) >= 11 is 1.71. The second-order valence-electron chi connectivity index (χ2n) is 5.22. The number of amides is 1. The number of hydrogen-bond acceptors (Lipinski definition) is 4. The maximum Gasteiger partial charge on any atom is 0.222 e. The fraction of sp³-hybridized carbons (Fsp3) is 0.714. The van der Waals surface area contributed by atoms with E-state index in [0.29, 0.717) is 18.9 Å². The molecule has 1 aromatic rings. The van der Waals surface area contributed by atoms with Gasteiger partial charge in [0, 0.05) is 24.5 Å². The highest BCUT2D eigenvalue weighted by molar-refractivity contribution is 7.11. The van der Waals surface area contributed by atoms with E-state index in [1.54, 1.807) is 16.2 Å². The third kappa shape index (κ3) is 6.51. The third-order valence-electron chi connectivity index (χ3n) is 3.68. The summed E-state index contributed by atoms with van der Waals surface area (Å²) in [5.41, 5.74) is 0. The lowest BCUT2D eigenvalue weighted by Crippen LogP contribution is -2.26. The van der Waals surface area contributed by atoms with Crippen molar-refractivity contribution in [2.24, 2.45) is 5.92 Å². The Balaban J connectivity index is 0.00000200. The van der Waals surface area contributed by atoms with E-state index in [1.165, 1.54) is 11.3 Å². The Labute approximate surface area is 143 Å². The first-order valence-corrected chi connectivity index (χ1v) is 7.89. The van der Waals surface area contributed by atoms with Crippen molar-refractivity contribution in [1.29, 1.82) is 0 Å². The molecule has 4 nitrogen and oxygen atoms in total. The van der Waals surface area contributed by atoms with Crippen molar-refractivity contribution in [1.82, 2.24) is 15.2 Å². The molecule has 0 aliphatic carbocycles. The summed E-state index contributed by atoms with van der Waals surface area (Å²) in [5.74, 6) is 0.920. The van der Waals surface area contributed by atoms with Gasteiger partial charge in [-0.25, -0.2) is 4.98 Å². The van der Waals surface area contributed by atoms with E-state index in [1.807, 2.05) is 13.2 Å². The molecule has 1 aliphatic rings. The van der Waals surface area contributed by atoms with E-state index >= 15 is 0 Å². The Bertz CT molecular complexity index is 422. The standard InChI is InChI=1S/C14H23N3OS.2ClH/c1-3-12-9-16-13(19-12)10-17(2)14(18)5-4-11-6-7-15-8-11;;/h9,11,15H,3-8,10H2,1-2H3;2*1H. The van der Waals surface area contributed by atoms with Crippen LogP contribution < -0.4 is 5.32 Å². The smallest absolute Gasteiger partial charge is 0.222 e. The van der Waals surface area contributed by atoms with Gasteiger partial charge in [-0.15, -0.1) is 36.2 Å². The van der Waals surface area contributed by atoms with Crippen molar-refractivity contribution in [2.75, 3.05) is 20.1 Å². The average Bonchev–Trinajstić information content (AvgIpc) is 3.06. The van der Waals surface area contributed by atoms with Gasteiger partial charge in [-0.2, -0.15) is 0 Å². The predicted molar refractivity (Wildman–Crippen MR) is 92.7 cm³/mol. The largest absolute Gasteiger partial charge is 0.339 e. The molecule has 1 aliphatic heterocycles. The highest BCUT2D eigenvalue weighted by atomic mass is 35.5. The number of carbonyl (C=O) groups is 1. The van der Waals surface area contributed by atoms with Gasteiger partial charge in [-0.3, -0.25) is 4.79 Å². The average molecular weight is 354 g/mol. The number of rotatable bonds is 6. The maximum atomic E-state index is 12.1. The number of aryl methyl sites for hydroxylation is 1. The molecule has 122 valence electrons. The second-order valence-corrected chi connectivity index (χ2v) is 6.42. The van der Waals surface area contributed by atoms with E-state index < -0.39 is 0 Å². The van der Waals surface area contributed by atoms with E-state index in [9.17, 15) is 4.79 Å². The molecule has 21 heavy (non-hydrogen) atoms. The first-order valence-electron chi connectivity index (χ1n) is 7.07. The van der Waals surface area contributed by atoms with Crippen LogP contribution in [-0.2, 0) is 17.8 Å². The molecule has 1 atom stereocenters. The molecule has 0 bridgehead atoms. The molecule has 2 heterocycles. The Hall–Kier alpha value is -0.360. The minimum atomic E-state index is 0. The van der Waals surface area contributed by atoms with Gasteiger partial charge < -0.3 is 10.2 Å². The minimum absolute atomic E-state index is 0. The number of hydrogen-bond donors (Lipinski definition) is 1. The van der Waals surface area contributed by atoms with Crippen molar-refractivity contribution in [3.05, 3.63) is 16.1 Å². The van der Waals surface area contributed by atoms with Gasteiger partial charge >= 0.3 is 0 Å². The van der Waals surface area contributed by atoms with Crippen molar-refractivity contribution in [2.45, 2.75) is 39.2 Å². The van der Waals surface area contributed by atoms with Gasteiger partial charge in [-0.05, 0) is 38.3 Å². The fourth-order valence-corrected chi connectivity index (χ4v) is 3.27. The summed E-state index contributed by atoms with van der Waals surface area (Å²) < 4.78 is 0. The van der Waals surface area contributed by atoms with Crippen LogP contribution in [0, 0.1) is 5.92 Å². The monoisotopic (exact) mass is 353 g/mol. The molecule has 1 fully saturated rings. The zero-order valence-electron chi connectivity index (χ0n) is 12.6. The molecular weight excluding hydrogens is 329 g/mol. The third-order valence-corrected chi connectivity index (χ3v) is 4.80. The van der Waals surface area contributed by atoms with Crippen LogP contribution in [0.1, 0.15) is 36.1 Å². The Kier molecular flexibility index (Phi) is 10.2. The normalized spacial score (nSPS) is 17.0. The van der Waals surface area contributed by atoms with Gasteiger partial charge in [0.1, 0.15) is 5.01 Å². The zero-order valence-corrected chi connectivity index (χ0v) is 15.1. The molecular formula is C14H25Cl2N3OS. The zero-order chi connectivity index (χ0) is 13.7. The van der Waals surface area contributed by atoms with Crippen molar-refractivity contribution in [3.63, 3.8) is 0 Å². The number of thiazole rings is 1. The summed E-state index contributed by atoms with van der Waals surface area (Å²) in [6.07, 6.45) is 5.82. The molecule has 0 aromatic carbocycles. The van der Waals surface area contributed by atoms with E-state index in [-0.39, 0.29) is 30.7 Å². The van der Waals surface area contributed by atoms with E-state index in [0.717, 1.165) is 30.9 Å². The molecule has 0 spiro atoms. The number of carbonyl (C=O) groups excluding carboxylic acids is 1. The number of nitrogens with zero attached hydrogens (tertiary/aromatic N) is 2. The lowest BCUT2D eigenvalue weighted by atomic mass is 10.0. The Morgan fingerprint density at radius 3 is 2.86 bits per heavy atom. The molecule has 2 rings (SSSR count). The topological polar surface area (TPSA) is 45.2 Å². The number of aromatic nitrogens is 1. The van der Waals surface area contributed by atoms with Crippen LogP contribution in [0.2, 0.25) is 0 Å². The van der Waals surface area contributed by atoms with Gasteiger partial charge in [-0.1, -0.05) is 6.92 Å². The first kappa shape index (κ1) is 20.6. The van der Waals surface area contributed by atoms with Gasteiger partial charge in [0.15, 0.2) is 0 Å². The van der Waals surface area contributed by atoms with Crippen molar-refractivity contribution < 1.29 is 4.79 Å². The Morgan fingerprint density at radius 2 is 2.29 bits per heavy atom. The van der Waals surface area contributed by atoms with E-state index in [4.69, 9.17) is 0 Å². The summed E-state index contributed by atoms with van der Waals surface area (Å²) in [7, 11) is 1.88. The van der Waals surface area contributed by atoms with Crippen LogP contribution in [-0.4, -0.2) is 35.9 Å². The number of halogens is 2. The van der Waals surface area contributed by atoms with Crippen LogP contribution in [0.4, 0.5) is 0 Å². The van der Waals surface area contributed by atoms with Gasteiger partial charge in [0.25, 0.3) is 0 Å². The second kappa shape index (κ2) is 10.4. The number of nitrogens with one attached hydrogen (secondary N) is 1. The SMILES string of the molecule is CCc1cnc(CN(C)C(=O)CCC2CCNC2)s1.Cl.Cl. The van der Waals surface area contributed by atoms with Crippen molar-refractivity contribution in [3.8, 4) is 0 Å². The van der Waals surface area contributed by atoms with Crippen LogP contribution in [0.3, 0.4) is 0 Å². The summed E-state index contributed by atoms with van der Waals surface area (Å²) in [5, 5.41) is 4.38. The molecule has 1 aromatic heterocycles. The van der Waals surface area contributed by atoms with Crippen molar-refractivity contribution >= 4 is 42.1 Å². The maximum absolute atomic E-state index is 12.1. The summed E-state index contributed by atoms with van der Waals surface area (Å²) in [4.78, 5) is 19.5. The van der Waals surface area contributed by atoms with Gasteiger partial charge in [0.05, 0.1) is 6.54 Å². The quantitative estimate of drug-likeness (QED) is 0.854.